The lowest BCUT2D eigenvalue weighted by atomic mass is 10.2. The van der Waals surface area contributed by atoms with Crippen LogP contribution in [-0.4, -0.2) is 14.6 Å². The number of H-pyrrole nitrogens is 1. The van der Waals surface area contributed by atoms with Crippen molar-refractivity contribution in [1.82, 2.24) is 14.6 Å². The van der Waals surface area contributed by atoms with Crippen LogP contribution in [0.4, 0.5) is 5.82 Å². The van der Waals surface area contributed by atoms with E-state index in [1.165, 1.54) is 6.07 Å². The van der Waals surface area contributed by atoms with E-state index >= 15 is 0 Å². The van der Waals surface area contributed by atoms with Gasteiger partial charge in [0.15, 0.2) is 5.82 Å². The van der Waals surface area contributed by atoms with E-state index in [0.29, 0.717) is 11.5 Å². The molecule has 2 aromatic heterocycles. The highest BCUT2D eigenvalue weighted by molar-refractivity contribution is 5.58. The summed E-state index contributed by atoms with van der Waals surface area (Å²) < 4.78 is 1.58. The molecule has 2 rings (SSSR count). The van der Waals surface area contributed by atoms with Gasteiger partial charge < -0.3 is 10.7 Å². The summed E-state index contributed by atoms with van der Waals surface area (Å²) in [5, 5.41) is 4.05. The summed E-state index contributed by atoms with van der Waals surface area (Å²) in [7, 11) is 0. The second-order valence-electron chi connectivity index (χ2n) is 2.82. The Morgan fingerprint density at radius 1 is 1.69 bits per heavy atom. The first kappa shape index (κ1) is 7.85. The molecule has 0 aliphatic rings. The molecule has 5 nitrogen and oxygen atoms in total. The highest BCUT2D eigenvalue weighted by Gasteiger charge is 2.07. The monoisotopic (exact) mass is 178 g/mol. The summed E-state index contributed by atoms with van der Waals surface area (Å²) in [5.41, 5.74) is 7.10. The maximum absolute atomic E-state index is 11.0. The van der Waals surface area contributed by atoms with Gasteiger partial charge in [-0.1, -0.05) is 6.92 Å². The molecule has 0 atom stereocenters. The molecule has 0 saturated heterocycles. The van der Waals surface area contributed by atoms with Crippen LogP contribution in [0, 0.1) is 0 Å². The van der Waals surface area contributed by atoms with Crippen LogP contribution in [0.25, 0.3) is 5.65 Å². The van der Waals surface area contributed by atoms with Crippen LogP contribution in [0.1, 0.15) is 12.5 Å². The van der Waals surface area contributed by atoms with E-state index in [4.69, 9.17) is 5.73 Å². The minimum atomic E-state index is -0.137. The zero-order valence-corrected chi connectivity index (χ0v) is 7.24. The normalized spacial score (nSPS) is 10.8. The third-order valence-corrected chi connectivity index (χ3v) is 2.00. The number of hydrogen-bond donors (Lipinski definition) is 2. The molecule has 2 aromatic rings. The second-order valence-corrected chi connectivity index (χ2v) is 2.82. The van der Waals surface area contributed by atoms with Gasteiger partial charge in [-0.3, -0.25) is 4.79 Å². The van der Waals surface area contributed by atoms with Gasteiger partial charge in [0, 0.05) is 17.8 Å². The van der Waals surface area contributed by atoms with Crippen LogP contribution in [0.15, 0.2) is 17.1 Å². The SMILES string of the molecule is CCc1c(N)nn2ccc(=O)[nH]c12. The summed E-state index contributed by atoms with van der Waals surface area (Å²) in [5.74, 6) is 0.476. The molecule has 2 heterocycles. The van der Waals surface area contributed by atoms with Gasteiger partial charge >= 0.3 is 0 Å². The molecule has 0 unspecified atom stereocenters. The zero-order chi connectivity index (χ0) is 9.42. The van der Waals surface area contributed by atoms with Gasteiger partial charge in [-0.25, -0.2) is 4.52 Å². The van der Waals surface area contributed by atoms with E-state index in [2.05, 4.69) is 10.1 Å². The average molecular weight is 178 g/mol. The quantitative estimate of drug-likeness (QED) is 0.653. The zero-order valence-electron chi connectivity index (χ0n) is 7.24. The fourth-order valence-electron chi connectivity index (χ4n) is 1.37. The highest BCUT2D eigenvalue weighted by Crippen LogP contribution is 2.14. The molecule has 0 aromatic carbocycles. The largest absolute Gasteiger partial charge is 0.382 e. The number of fused-ring (bicyclic) bond motifs is 1. The molecule has 3 N–H and O–H groups in total. The minimum Gasteiger partial charge on any atom is -0.382 e. The minimum absolute atomic E-state index is 0.137. The van der Waals surface area contributed by atoms with Crippen molar-refractivity contribution in [3.8, 4) is 0 Å². The van der Waals surface area contributed by atoms with E-state index < -0.39 is 0 Å². The number of nitrogen functional groups attached to an aromatic ring is 1. The molecule has 0 bridgehead atoms. The van der Waals surface area contributed by atoms with Gasteiger partial charge in [-0.05, 0) is 6.42 Å². The lowest BCUT2D eigenvalue weighted by Gasteiger charge is -1.93. The second kappa shape index (κ2) is 2.62. The van der Waals surface area contributed by atoms with Crippen LogP contribution >= 0.6 is 0 Å². The molecular weight excluding hydrogens is 168 g/mol. The molecule has 0 aliphatic carbocycles. The molecule has 0 aliphatic heterocycles. The van der Waals surface area contributed by atoms with Crippen molar-refractivity contribution in [3.05, 3.63) is 28.2 Å². The number of hydrogen-bond acceptors (Lipinski definition) is 3. The Morgan fingerprint density at radius 3 is 3.15 bits per heavy atom. The van der Waals surface area contributed by atoms with E-state index in [0.717, 1.165) is 12.0 Å². The van der Waals surface area contributed by atoms with Gasteiger partial charge in [-0.2, -0.15) is 0 Å². The van der Waals surface area contributed by atoms with Crippen LogP contribution in [0.2, 0.25) is 0 Å². The summed E-state index contributed by atoms with van der Waals surface area (Å²) in [6.07, 6.45) is 2.36. The number of rotatable bonds is 1. The van der Waals surface area contributed by atoms with Crippen LogP contribution in [0.5, 0.6) is 0 Å². The third kappa shape index (κ3) is 1.09. The van der Waals surface area contributed by atoms with Crippen molar-refractivity contribution in [1.29, 1.82) is 0 Å². The van der Waals surface area contributed by atoms with Gasteiger partial charge in [0.25, 0.3) is 5.56 Å². The van der Waals surface area contributed by atoms with Gasteiger partial charge in [0.1, 0.15) is 5.65 Å². The Hall–Kier alpha value is -1.78. The number of nitrogens with zero attached hydrogens (tertiary/aromatic N) is 2. The summed E-state index contributed by atoms with van der Waals surface area (Å²) in [6.45, 7) is 1.97. The van der Waals surface area contributed by atoms with E-state index in [1.807, 2.05) is 6.92 Å². The molecule has 0 spiro atoms. The maximum Gasteiger partial charge on any atom is 0.251 e. The number of anilines is 1. The van der Waals surface area contributed by atoms with E-state index in [1.54, 1.807) is 10.7 Å². The Kier molecular flexibility index (Phi) is 1.58. The number of nitrogens with two attached hydrogens (primary N) is 1. The molecule has 13 heavy (non-hydrogen) atoms. The number of aryl methyl sites for hydroxylation is 1. The van der Waals surface area contributed by atoms with Gasteiger partial charge in [-0.15, -0.1) is 5.10 Å². The Bertz CT molecular complexity index is 496. The van der Waals surface area contributed by atoms with E-state index in [-0.39, 0.29) is 5.56 Å². The van der Waals surface area contributed by atoms with Crippen LogP contribution < -0.4 is 11.3 Å². The molecule has 0 fully saturated rings. The fraction of sp³-hybridized carbons (Fsp3) is 0.250. The topological polar surface area (TPSA) is 76.2 Å². The molecular formula is C8H10N4O. The predicted molar refractivity (Wildman–Crippen MR) is 49.6 cm³/mol. The molecule has 0 amide bonds. The first-order valence-corrected chi connectivity index (χ1v) is 4.08. The lowest BCUT2D eigenvalue weighted by molar-refractivity contribution is 0.935. The first-order chi connectivity index (χ1) is 6.22. The fourth-order valence-corrected chi connectivity index (χ4v) is 1.37. The van der Waals surface area contributed by atoms with Crippen LogP contribution in [-0.2, 0) is 6.42 Å². The highest BCUT2D eigenvalue weighted by atomic mass is 16.1. The smallest absolute Gasteiger partial charge is 0.251 e. The van der Waals surface area contributed by atoms with Crippen molar-refractivity contribution in [2.45, 2.75) is 13.3 Å². The summed E-state index contributed by atoms with van der Waals surface area (Å²) >= 11 is 0. The number of nitrogens with one attached hydrogen (secondary N) is 1. The maximum atomic E-state index is 11.0. The summed E-state index contributed by atoms with van der Waals surface area (Å²) in [6, 6.07) is 1.42. The summed E-state index contributed by atoms with van der Waals surface area (Å²) in [4.78, 5) is 13.7. The first-order valence-electron chi connectivity index (χ1n) is 4.08. The predicted octanol–water partition coefficient (Wildman–Crippen LogP) is 0.167. The van der Waals surface area contributed by atoms with Crippen LogP contribution in [0.3, 0.4) is 0 Å². The van der Waals surface area contributed by atoms with E-state index in [9.17, 15) is 4.79 Å². The molecule has 0 radical (unpaired) electrons. The lowest BCUT2D eigenvalue weighted by Crippen LogP contribution is -2.06. The Morgan fingerprint density at radius 2 is 2.46 bits per heavy atom. The molecule has 68 valence electrons. The Balaban J connectivity index is 2.88. The Labute approximate surface area is 74.2 Å². The van der Waals surface area contributed by atoms with Crippen molar-refractivity contribution in [2.24, 2.45) is 0 Å². The van der Waals surface area contributed by atoms with Crippen molar-refractivity contribution in [2.75, 3.05) is 5.73 Å². The third-order valence-electron chi connectivity index (χ3n) is 2.00. The number of aromatic nitrogens is 3. The van der Waals surface area contributed by atoms with Gasteiger partial charge in [0.05, 0.1) is 0 Å². The van der Waals surface area contributed by atoms with Crippen molar-refractivity contribution < 1.29 is 0 Å². The standard InChI is InChI=1S/C8H10N4O/c1-2-5-7(9)11-12-4-3-6(13)10-8(5)12/h3-4H,2H2,1H3,(H2,9,11)(H,10,13). The van der Waals surface area contributed by atoms with Crippen molar-refractivity contribution >= 4 is 11.5 Å². The molecule has 5 heteroatoms. The number of aromatic amines is 1. The average Bonchev–Trinajstić information content (AvgIpc) is 2.40. The van der Waals surface area contributed by atoms with Crippen molar-refractivity contribution in [3.63, 3.8) is 0 Å². The molecule has 0 saturated carbocycles. The van der Waals surface area contributed by atoms with Gasteiger partial charge in [0.2, 0.25) is 0 Å².